The van der Waals surface area contributed by atoms with Gasteiger partial charge in [0.1, 0.15) is 5.82 Å². The Kier molecular flexibility index (Phi) is 3.20. The molecule has 0 unspecified atom stereocenters. The van der Waals surface area contributed by atoms with E-state index in [0.29, 0.717) is 22.7 Å². The fraction of sp³-hybridized carbons (Fsp3) is 0.0588. The summed E-state index contributed by atoms with van der Waals surface area (Å²) in [6.07, 6.45) is 3.44. The summed E-state index contributed by atoms with van der Waals surface area (Å²) in [5, 5.41) is 2.87. The summed E-state index contributed by atoms with van der Waals surface area (Å²) < 4.78 is 10.5. The molecule has 0 spiro atoms. The molecule has 0 saturated carbocycles. The predicted molar refractivity (Wildman–Crippen MR) is 84.5 cm³/mol. The number of anilines is 1. The first-order valence-corrected chi connectivity index (χ1v) is 7.10. The van der Waals surface area contributed by atoms with Crippen LogP contribution in [-0.2, 0) is 0 Å². The highest BCUT2D eigenvalue weighted by molar-refractivity contribution is 6.04. The molecule has 114 valence electrons. The Labute approximate surface area is 132 Å². The summed E-state index contributed by atoms with van der Waals surface area (Å²) >= 11 is 0. The maximum atomic E-state index is 12.4. The van der Waals surface area contributed by atoms with E-state index < -0.39 is 0 Å². The molecule has 1 aliphatic heterocycles. The Morgan fingerprint density at radius 2 is 2.04 bits per heavy atom. The number of nitrogens with one attached hydrogen (secondary N) is 2. The average Bonchev–Trinajstić information content (AvgIpc) is 3.26. The van der Waals surface area contributed by atoms with Crippen LogP contribution in [0.5, 0.6) is 11.5 Å². The molecule has 0 fully saturated rings. The van der Waals surface area contributed by atoms with E-state index in [1.807, 2.05) is 24.3 Å². The minimum absolute atomic E-state index is 0.186. The molecule has 0 saturated heterocycles. The van der Waals surface area contributed by atoms with Crippen LogP contribution in [0.1, 0.15) is 10.4 Å². The Bertz CT molecular complexity index is 859. The number of hydrogen-bond acceptors (Lipinski definition) is 4. The van der Waals surface area contributed by atoms with Crippen LogP contribution in [0.3, 0.4) is 0 Å². The van der Waals surface area contributed by atoms with Gasteiger partial charge in [0.2, 0.25) is 6.79 Å². The Morgan fingerprint density at radius 1 is 1.13 bits per heavy atom. The van der Waals surface area contributed by atoms with Crippen LogP contribution in [-0.4, -0.2) is 22.7 Å². The lowest BCUT2D eigenvalue weighted by Gasteiger charge is -2.07. The van der Waals surface area contributed by atoms with Crippen molar-refractivity contribution in [2.75, 3.05) is 12.1 Å². The quantitative estimate of drug-likeness (QED) is 0.779. The second kappa shape index (κ2) is 5.49. The standard InChI is InChI=1S/C17H13N3O3/c21-17(12-4-5-14-15(9-12)23-10-22-14)20-13-3-1-2-11(8-13)16-18-6-7-19-16/h1-9H,10H2,(H,18,19)(H,20,21). The third-order valence-electron chi connectivity index (χ3n) is 3.53. The summed E-state index contributed by atoms with van der Waals surface area (Å²) in [5.41, 5.74) is 2.11. The predicted octanol–water partition coefficient (Wildman–Crippen LogP) is 3.06. The number of benzene rings is 2. The van der Waals surface area contributed by atoms with Gasteiger partial charge in [-0.25, -0.2) is 4.98 Å². The topological polar surface area (TPSA) is 76.2 Å². The highest BCUT2D eigenvalue weighted by atomic mass is 16.7. The molecule has 1 aromatic heterocycles. The van der Waals surface area contributed by atoms with Crippen LogP contribution in [0.2, 0.25) is 0 Å². The fourth-order valence-corrected chi connectivity index (χ4v) is 2.41. The van der Waals surface area contributed by atoms with Crippen molar-refractivity contribution in [1.82, 2.24) is 9.97 Å². The van der Waals surface area contributed by atoms with Gasteiger partial charge < -0.3 is 19.8 Å². The summed E-state index contributed by atoms with van der Waals surface area (Å²) in [5.74, 6) is 1.78. The third kappa shape index (κ3) is 2.62. The van der Waals surface area contributed by atoms with Crippen LogP contribution < -0.4 is 14.8 Å². The van der Waals surface area contributed by atoms with E-state index in [1.165, 1.54) is 0 Å². The second-order valence-electron chi connectivity index (χ2n) is 5.04. The summed E-state index contributed by atoms with van der Waals surface area (Å²) in [4.78, 5) is 19.6. The second-order valence-corrected chi connectivity index (χ2v) is 5.04. The zero-order chi connectivity index (χ0) is 15.6. The number of ether oxygens (including phenoxy) is 2. The third-order valence-corrected chi connectivity index (χ3v) is 3.53. The van der Waals surface area contributed by atoms with Crippen molar-refractivity contribution in [2.24, 2.45) is 0 Å². The first-order valence-electron chi connectivity index (χ1n) is 7.10. The van der Waals surface area contributed by atoms with Crippen molar-refractivity contribution >= 4 is 11.6 Å². The maximum Gasteiger partial charge on any atom is 0.255 e. The number of amides is 1. The molecule has 0 bridgehead atoms. The Balaban J connectivity index is 1.56. The van der Waals surface area contributed by atoms with E-state index in [4.69, 9.17) is 9.47 Å². The van der Waals surface area contributed by atoms with E-state index >= 15 is 0 Å². The van der Waals surface area contributed by atoms with Gasteiger partial charge in [-0.1, -0.05) is 12.1 Å². The molecular formula is C17H13N3O3. The summed E-state index contributed by atoms with van der Waals surface area (Å²) in [6.45, 7) is 0.186. The van der Waals surface area contributed by atoms with Crippen LogP contribution >= 0.6 is 0 Å². The lowest BCUT2D eigenvalue weighted by molar-refractivity contribution is 0.102. The zero-order valence-electron chi connectivity index (χ0n) is 12.1. The number of carbonyl (C=O) groups is 1. The molecule has 0 radical (unpaired) electrons. The van der Waals surface area contributed by atoms with Crippen LogP contribution in [0.25, 0.3) is 11.4 Å². The highest BCUT2D eigenvalue weighted by Gasteiger charge is 2.16. The van der Waals surface area contributed by atoms with Crippen molar-refractivity contribution in [2.45, 2.75) is 0 Å². The van der Waals surface area contributed by atoms with Crippen molar-refractivity contribution in [3.63, 3.8) is 0 Å². The average molecular weight is 307 g/mol. The monoisotopic (exact) mass is 307 g/mol. The lowest BCUT2D eigenvalue weighted by Crippen LogP contribution is -2.11. The number of imidazole rings is 1. The lowest BCUT2D eigenvalue weighted by atomic mass is 10.1. The van der Waals surface area contributed by atoms with Gasteiger partial charge in [-0.15, -0.1) is 0 Å². The highest BCUT2D eigenvalue weighted by Crippen LogP contribution is 2.32. The van der Waals surface area contributed by atoms with Crippen molar-refractivity contribution in [3.05, 3.63) is 60.4 Å². The molecule has 4 rings (SSSR count). The van der Waals surface area contributed by atoms with Crippen LogP contribution in [0.4, 0.5) is 5.69 Å². The van der Waals surface area contributed by atoms with Crippen molar-refractivity contribution < 1.29 is 14.3 Å². The molecule has 1 aliphatic rings. The van der Waals surface area contributed by atoms with E-state index in [2.05, 4.69) is 15.3 Å². The minimum Gasteiger partial charge on any atom is -0.454 e. The van der Waals surface area contributed by atoms with E-state index in [-0.39, 0.29) is 12.7 Å². The number of aromatic amines is 1. The fourth-order valence-electron chi connectivity index (χ4n) is 2.41. The van der Waals surface area contributed by atoms with Crippen molar-refractivity contribution in [1.29, 1.82) is 0 Å². The van der Waals surface area contributed by atoms with Crippen molar-refractivity contribution in [3.8, 4) is 22.9 Å². The van der Waals surface area contributed by atoms with Gasteiger partial charge in [0.05, 0.1) is 0 Å². The van der Waals surface area contributed by atoms with Gasteiger partial charge in [0.15, 0.2) is 11.5 Å². The number of hydrogen-bond donors (Lipinski definition) is 2. The normalized spacial score (nSPS) is 12.2. The maximum absolute atomic E-state index is 12.4. The number of nitrogens with zero attached hydrogens (tertiary/aromatic N) is 1. The van der Waals surface area contributed by atoms with Gasteiger partial charge >= 0.3 is 0 Å². The largest absolute Gasteiger partial charge is 0.454 e. The summed E-state index contributed by atoms with van der Waals surface area (Å²) in [7, 11) is 0. The molecular weight excluding hydrogens is 294 g/mol. The minimum atomic E-state index is -0.208. The molecule has 23 heavy (non-hydrogen) atoms. The number of carbonyl (C=O) groups excluding carboxylic acids is 1. The number of H-pyrrole nitrogens is 1. The summed E-state index contributed by atoms with van der Waals surface area (Å²) in [6, 6.07) is 12.6. The van der Waals surface area contributed by atoms with Gasteiger partial charge in [0.25, 0.3) is 5.91 Å². The Morgan fingerprint density at radius 3 is 2.91 bits per heavy atom. The molecule has 6 heteroatoms. The smallest absolute Gasteiger partial charge is 0.255 e. The number of aromatic nitrogens is 2. The van der Waals surface area contributed by atoms with Gasteiger partial charge in [-0.2, -0.15) is 0 Å². The van der Waals surface area contributed by atoms with Gasteiger partial charge in [-0.3, -0.25) is 4.79 Å². The molecule has 6 nitrogen and oxygen atoms in total. The molecule has 0 atom stereocenters. The van der Waals surface area contributed by atoms with E-state index in [0.717, 1.165) is 11.4 Å². The molecule has 2 N–H and O–H groups in total. The van der Waals surface area contributed by atoms with Gasteiger partial charge in [-0.05, 0) is 30.3 Å². The SMILES string of the molecule is O=C(Nc1cccc(-c2ncc[nH]2)c1)c1ccc2c(c1)OCO2. The van der Waals surface area contributed by atoms with Gasteiger partial charge in [0, 0.05) is 29.2 Å². The zero-order valence-corrected chi connectivity index (χ0v) is 12.1. The molecule has 2 heterocycles. The number of fused-ring (bicyclic) bond motifs is 1. The van der Waals surface area contributed by atoms with E-state index in [1.54, 1.807) is 30.6 Å². The first-order chi connectivity index (χ1) is 11.3. The number of rotatable bonds is 3. The molecule has 2 aromatic carbocycles. The van der Waals surface area contributed by atoms with Crippen LogP contribution in [0.15, 0.2) is 54.9 Å². The van der Waals surface area contributed by atoms with Crippen LogP contribution in [0, 0.1) is 0 Å². The molecule has 3 aromatic rings. The molecule has 1 amide bonds. The van der Waals surface area contributed by atoms with E-state index in [9.17, 15) is 4.79 Å². The molecule has 0 aliphatic carbocycles. The first kappa shape index (κ1) is 13.4. The Hall–Kier alpha value is -3.28.